The van der Waals surface area contributed by atoms with E-state index in [4.69, 9.17) is 4.74 Å². The fourth-order valence-electron chi connectivity index (χ4n) is 2.87. The maximum absolute atomic E-state index is 12.1. The molecule has 1 aromatic rings. The summed E-state index contributed by atoms with van der Waals surface area (Å²) in [7, 11) is 0. The highest BCUT2D eigenvalue weighted by Gasteiger charge is 2.22. The molecule has 1 saturated heterocycles. The van der Waals surface area contributed by atoms with Crippen LogP contribution in [0.25, 0.3) is 0 Å². The van der Waals surface area contributed by atoms with Crippen molar-refractivity contribution in [2.24, 2.45) is 0 Å². The molecule has 0 radical (unpaired) electrons. The van der Waals surface area contributed by atoms with Gasteiger partial charge in [-0.1, -0.05) is 22.4 Å². The van der Waals surface area contributed by atoms with Gasteiger partial charge in [0.15, 0.2) is 0 Å². The van der Waals surface area contributed by atoms with Crippen LogP contribution in [0.15, 0.2) is 16.6 Å². The third-order valence-electron chi connectivity index (χ3n) is 3.86. The minimum absolute atomic E-state index is 0.282. The quantitative estimate of drug-likeness (QED) is 0.835. The predicted molar refractivity (Wildman–Crippen MR) is 77.2 cm³/mol. The van der Waals surface area contributed by atoms with Crippen LogP contribution in [-0.4, -0.2) is 24.0 Å². The average Bonchev–Trinajstić information content (AvgIpc) is 2.75. The molecule has 0 saturated carbocycles. The largest absolute Gasteiger partial charge is 0.493 e. The lowest BCUT2D eigenvalue weighted by atomic mass is 10.1. The van der Waals surface area contributed by atoms with Crippen LogP contribution in [0.2, 0.25) is 0 Å². The van der Waals surface area contributed by atoms with Gasteiger partial charge >= 0.3 is 0 Å². The Labute approximate surface area is 122 Å². The first-order chi connectivity index (χ1) is 9.24. The summed E-state index contributed by atoms with van der Waals surface area (Å²) in [5, 5.41) is 0. The van der Waals surface area contributed by atoms with Gasteiger partial charge in [0.05, 0.1) is 6.61 Å². The van der Waals surface area contributed by atoms with E-state index in [1.807, 2.05) is 4.90 Å². The monoisotopic (exact) mass is 323 g/mol. The summed E-state index contributed by atoms with van der Waals surface area (Å²) in [4.78, 5) is 14.1. The summed E-state index contributed by atoms with van der Waals surface area (Å²) in [5.74, 6) is 1.28. The summed E-state index contributed by atoms with van der Waals surface area (Å²) in [6.45, 7) is 2.31. The fourth-order valence-corrected chi connectivity index (χ4v) is 3.43. The van der Waals surface area contributed by atoms with Crippen LogP contribution in [0.5, 0.6) is 5.75 Å². The lowest BCUT2D eigenvalue weighted by molar-refractivity contribution is -0.131. The number of carbonyl (C=O) groups excluding carboxylic acids is 1. The smallest absolute Gasteiger partial charge is 0.222 e. The van der Waals surface area contributed by atoms with E-state index in [9.17, 15) is 4.79 Å². The topological polar surface area (TPSA) is 29.5 Å². The zero-order chi connectivity index (χ0) is 13.2. The Morgan fingerprint density at radius 2 is 2.11 bits per heavy atom. The van der Waals surface area contributed by atoms with Crippen LogP contribution >= 0.6 is 15.9 Å². The highest BCUT2D eigenvalue weighted by atomic mass is 79.9. The van der Waals surface area contributed by atoms with Crippen molar-refractivity contribution in [3.05, 3.63) is 27.7 Å². The predicted octanol–water partition coefficient (Wildman–Crippen LogP) is 3.29. The first-order valence-corrected chi connectivity index (χ1v) is 7.75. The number of hydrogen-bond donors (Lipinski definition) is 0. The van der Waals surface area contributed by atoms with Gasteiger partial charge in [-0.15, -0.1) is 0 Å². The molecular weight excluding hydrogens is 306 g/mol. The molecule has 1 aromatic carbocycles. The molecule has 4 heteroatoms. The number of amides is 1. The van der Waals surface area contributed by atoms with E-state index in [1.165, 1.54) is 5.56 Å². The Bertz CT molecular complexity index is 501. The maximum atomic E-state index is 12.1. The molecule has 0 aromatic heterocycles. The summed E-state index contributed by atoms with van der Waals surface area (Å²) < 4.78 is 6.81. The van der Waals surface area contributed by atoms with Crippen molar-refractivity contribution in [3.63, 3.8) is 0 Å². The van der Waals surface area contributed by atoms with Gasteiger partial charge in [-0.05, 0) is 30.5 Å². The maximum Gasteiger partial charge on any atom is 0.222 e. The number of fused-ring (bicyclic) bond motifs is 1. The third kappa shape index (κ3) is 2.78. The summed E-state index contributed by atoms with van der Waals surface area (Å²) in [5.41, 5.74) is 2.39. The van der Waals surface area contributed by atoms with E-state index in [-0.39, 0.29) is 5.91 Å². The molecule has 19 heavy (non-hydrogen) atoms. The van der Waals surface area contributed by atoms with E-state index < -0.39 is 0 Å². The number of rotatable bonds is 2. The van der Waals surface area contributed by atoms with Crippen molar-refractivity contribution in [2.75, 3.05) is 13.2 Å². The Kier molecular flexibility index (Phi) is 3.78. The van der Waals surface area contributed by atoms with E-state index in [0.717, 1.165) is 54.6 Å². The second-order valence-electron chi connectivity index (χ2n) is 5.28. The highest BCUT2D eigenvalue weighted by molar-refractivity contribution is 9.10. The minimum atomic E-state index is 0.282. The molecule has 0 spiro atoms. The van der Waals surface area contributed by atoms with E-state index >= 15 is 0 Å². The van der Waals surface area contributed by atoms with Crippen LogP contribution in [0, 0.1) is 0 Å². The van der Waals surface area contributed by atoms with Gasteiger partial charge in [0, 0.05) is 36.0 Å². The third-order valence-corrected chi connectivity index (χ3v) is 4.32. The SMILES string of the molecule is O=C1CCCCCN1Cc1cc(Br)cc2c1OCC2. The molecule has 0 atom stereocenters. The van der Waals surface area contributed by atoms with Crippen LogP contribution in [-0.2, 0) is 17.8 Å². The Balaban J connectivity index is 1.84. The minimum Gasteiger partial charge on any atom is -0.493 e. The number of likely N-dealkylation sites (tertiary alicyclic amines) is 1. The standard InChI is InChI=1S/C15H18BrNO2/c16-13-8-11-5-7-19-15(11)12(9-13)10-17-6-3-1-2-4-14(17)18/h8-9H,1-7,10H2. The highest BCUT2D eigenvalue weighted by Crippen LogP contribution is 2.34. The summed E-state index contributed by atoms with van der Waals surface area (Å²) >= 11 is 3.55. The Morgan fingerprint density at radius 1 is 1.21 bits per heavy atom. The number of hydrogen-bond acceptors (Lipinski definition) is 2. The second-order valence-corrected chi connectivity index (χ2v) is 6.19. The van der Waals surface area contributed by atoms with Crippen LogP contribution in [0.1, 0.15) is 36.8 Å². The lowest BCUT2D eigenvalue weighted by Gasteiger charge is -2.22. The molecule has 1 fully saturated rings. The number of benzene rings is 1. The van der Waals surface area contributed by atoms with Gasteiger partial charge < -0.3 is 9.64 Å². The first-order valence-electron chi connectivity index (χ1n) is 6.96. The van der Waals surface area contributed by atoms with Crippen molar-refractivity contribution >= 4 is 21.8 Å². The molecule has 3 rings (SSSR count). The molecular formula is C15H18BrNO2. The molecule has 0 aliphatic carbocycles. The fraction of sp³-hybridized carbons (Fsp3) is 0.533. The van der Waals surface area contributed by atoms with Gasteiger partial charge in [-0.25, -0.2) is 0 Å². The molecule has 102 valence electrons. The normalized spacial score (nSPS) is 19.0. The van der Waals surface area contributed by atoms with E-state index in [2.05, 4.69) is 28.1 Å². The van der Waals surface area contributed by atoms with Crippen molar-refractivity contribution in [1.29, 1.82) is 0 Å². The van der Waals surface area contributed by atoms with Crippen LogP contribution in [0.4, 0.5) is 0 Å². The van der Waals surface area contributed by atoms with Crippen LogP contribution in [0.3, 0.4) is 0 Å². The molecule has 2 aliphatic rings. The summed E-state index contributed by atoms with van der Waals surface area (Å²) in [6.07, 6.45) is 4.97. The molecule has 0 bridgehead atoms. The van der Waals surface area contributed by atoms with Gasteiger partial charge in [0.1, 0.15) is 5.75 Å². The second kappa shape index (κ2) is 5.53. The zero-order valence-corrected chi connectivity index (χ0v) is 12.5. The molecule has 2 heterocycles. The van der Waals surface area contributed by atoms with Crippen molar-refractivity contribution in [2.45, 2.75) is 38.6 Å². The lowest BCUT2D eigenvalue weighted by Crippen LogP contribution is -2.29. The summed E-state index contributed by atoms with van der Waals surface area (Å²) in [6, 6.07) is 4.21. The van der Waals surface area contributed by atoms with E-state index in [0.29, 0.717) is 13.0 Å². The molecule has 0 unspecified atom stereocenters. The number of nitrogens with zero attached hydrogens (tertiary/aromatic N) is 1. The van der Waals surface area contributed by atoms with E-state index in [1.54, 1.807) is 0 Å². The van der Waals surface area contributed by atoms with Gasteiger partial charge in [-0.3, -0.25) is 4.79 Å². The molecule has 0 N–H and O–H groups in total. The average molecular weight is 324 g/mol. The zero-order valence-electron chi connectivity index (χ0n) is 11.0. The number of ether oxygens (including phenoxy) is 1. The Hall–Kier alpha value is -1.03. The first kappa shape index (κ1) is 13.0. The van der Waals surface area contributed by atoms with Crippen molar-refractivity contribution in [1.82, 2.24) is 4.90 Å². The van der Waals surface area contributed by atoms with Crippen molar-refractivity contribution in [3.8, 4) is 5.75 Å². The molecule has 1 amide bonds. The van der Waals surface area contributed by atoms with Gasteiger partial charge in [0.25, 0.3) is 0 Å². The van der Waals surface area contributed by atoms with Gasteiger partial charge in [-0.2, -0.15) is 0 Å². The Morgan fingerprint density at radius 3 is 3.00 bits per heavy atom. The van der Waals surface area contributed by atoms with Gasteiger partial charge in [0.2, 0.25) is 5.91 Å². The van der Waals surface area contributed by atoms with Crippen LogP contribution < -0.4 is 4.74 Å². The number of carbonyl (C=O) groups is 1. The number of halogens is 1. The van der Waals surface area contributed by atoms with Crippen molar-refractivity contribution < 1.29 is 9.53 Å². The molecule has 3 nitrogen and oxygen atoms in total. The molecule has 2 aliphatic heterocycles.